The third-order valence-electron chi connectivity index (χ3n) is 4.91. The van der Waals surface area contributed by atoms with E-state index in [4.69, 9.17) is 10.1 Å². The van der Waals surface area contributed by atoms with Crippen LogP contribution in [0.1, 0.15) is 28.7 Å². The number of amides is 1. The number of aromatic nitrogens is 1. The van der Waals surface area contributed by atoms with E-state index in [2.05, 4.69) is 10.3 Å². The van der Waals surface area contributed by atoms with Crippen LogP contribution in [-0.4, -0.2) is 47.5 Å². The van der Waals surface area contributed by atoms with Crippen molar-refractivity contribution in [3.8, 4) is 0 Å². The minimum Gasteiger partial charge on any atom is -0.510 e. The molecular weight excluding hydrogens is 428 g/mol. The molecule has 0 spiro atoms. The minimum absolute atomic E-state index is 0.0506. The molecule has 8 nitrogen and oxygen atoms in total. The molecule has 0 fully saturated rings. The highest BCUT2D eigenvalue weighted by Crippen LogP contribution is 2.35. The predicted octanol–water partition coefficient (Wildman–Crippen LogP) is 3.75. The number of aliphatic hydroxyl groups excluding tert-OH is 1. The topological polar surface area (TPSA) is 116 Å². The van der Waals surface area contributed by atoms with E-state index in [0.717, 1.165) is 16.6 Å². The second-order valence-electron chi connectivity index (χ2n) is 7.22. The number of amidine groups is 1. The summed E-state index contributed by atoms with van der Waals surface area (Å²) in [6.07, 6.45) is 0.795. The van der Waals surface area contributed by atoms with E-state index in [1.165, 1.54) is 11.3 Å². The van der Waals surface area contributed by atoms with Crippen LogP contribution in [0.25, 0.3) is 15.8 Å². The van der Waals surface area contributed by atoms with Crippen LogP contribution in [0.15, 0.2) is 54.3 Å². The van der Waals surface area contributed by atoms with Gasteiger partial charge in [0, 0.05) is 12.2 Å². The van der Waals surface area contributed by atoms with E-state index in [-0.39, 0.29) is 36.2 Å². The van der Waals surface area contributed by atoms with Gasteiger partial charge in [0.1, 0.15) is 16.6 Å². The summed E-state index contributed by atoms with van der Waals surface area (Å²) in [7, 11) is 0. The van der Waals surface area contributed by atoms with E-state index in [9.17, 15) is 14.7 Å². The Morgan fingerprint density at radius 3 is 2.84 bits per heavy atom. The van der Waals surface area contributed by atoms with Crippen molar-refractivity contribution in [1.82, 2.24) is 10.3 Å². The summed E-state index contributed by atoms with van der Waals surface area (Å²) in [5.41, 5.74) is 2.01. The lowest BCUT2D eigenvalue weighted by Crippen LogP contribution is -2.29. The lowest BCUT2D eigenvalue weighted by atomic mass is 10.2. The van der Waals surface area contributed by atoms with Gasteiger partial charge >= 0.3 is 5.97 Å². The van der Waals surface area contributed by atoms with E-state index in [1.807, 2.05) is 31.2 Å². The van der Waals surface area contributed by atoms with Crippen LogP contribution in [0.4, 0.5) is 5.69 Å². The van der Waals surface area contributed by atoms with Gasteiger partial charge in [-0.1, -0.05) is 25.1 Å². The number of anilines is 1. The highest BCUT2D eigenvalue weighted by Gasteiger charge is 2.31. The Hall–Kier alpha value is -3.72. The van der Waals surface area contributed by atoms with Gasteiger partial charge in [-0.3, -0.25) is 10.2 Å². The van der Waals surface area contributed by atoms with Crippen molar-refractivity contribution >= 4 is 50.5 Å². The van der Waals surface area contributed by atoms with Crippen molar-refractivity contribution in [3.63, 3.8) is 0 Å². The second kappa shape index (κ2) is 9.19. The summed E-state index contributed by atoms with van der Waals surface area (Å²) in [5, 5.41) is 22.4. The number of hydrogen-bond acceptors (Lipinski definition) is 7. The van der Waals surface area contributed by atoms with Gasteiger partial charge in [-0.2, -0.15) is 0 Å². The van der Waals surface area contributed by atoms with Crippen molar-refractivity contribution in [2.24, 2.45) is 0 Å². The zero-order valence-electron chi connectivity index (χ0n) is 17.4. The molecule has 1 aliphatic rings. The van der Waals surface area contributed by atoms with Gasteiger partial charge in [0.25, 0.3) is 5.91 Å². The number of carbonyl (C=O) groups excluding carboxylic acids is 2. The highest BCUT2D eigenvalue weighted by molar-refractivity contribution is 7.19. The Labute approximate surface area is 188 Å². The third kappa shape index (κ3) is 4.33. The Bertz CT molecular complexity index is 1200. The monoisotopic (exact) mass is 450 g/mol. The fourth-order valence-electron chi connectivity index (χ4n) is 3.33. The fraction of sp³-hybridized carbons (Fsp3) is 0.217. The van der Waals surface area contributed by atoms with Gasteiger partial charge in [0.2, 0.25) is 0 Å². The lowest BCUT2D eigenvalue weighted by molar-refractivity contribution is -0.124. The molecular formula is C23H22N4O4S. The molecule has 164 valence electrons. The molecule has 4 rings (SSSR count). The Kier molecular flexibility index (Phi) is 6.18. The number of hydrogen-bond donors (Lipinski definition) is 3. The van der Waals surface area contributed by atoms with Crippen LogP contribution < -0.4 is 10.2 Å². The summed E-state index contributed by atoms with van der Waals surface area (Å²) in [5.74, 6) is -0.833. The molecule has 1 aromatic heterocycles. The summed E-state index contributed by atoms with van der Waals surface area (Å²) < 4.78 is 6.06. The quantitative estimate of drug-likeness (QED) is 0.472. The molecule has 1 aliphatic heterocycles. The minimum atomic E-state index is -0.632. The molecule has 0 saturated heterocycles. The van der Waals surface area contributed by atoms with Crippen LogP contribution >= 0.6 is 11.3 Å². The normalized spacial score (nSPS) is 13.7. The van der Waals surface area contributed by atoms with Gasteiger partial charge < -0.3 is 20.1 Å². The van der Waals surface area contributed by atoms with Crippen LogP contribution in [0.5, 0.6) is 0 Å². The first-order valence-corrected chi connectivity index (χ1v) is 11.0. The zero-order chi connectivity index (χ0) is 22.7. The van der Waals surface area contributed by atoms with E-state index in [0.29, 0.717) is 22.8 Å². The molecule has 0 saturated carbocycles. The standard InChI is InChI=1S/C23H22N4O4S/c1-2-10-25-19(29)13-31-23(30)14-6-5-7-15(11-14)27-12-17(28)20(21(27)24)22-26-16-8-3-4-9-18(16)32-22/h3-9,11,24,28H,2,10,12-13H2,1H3,(H,25,29). The average molecular weight is 451 g/mol. The maximum atomic E-state index is 12.4. The molecule has 0 unspecified atom stereocenters. The van der Waals surface area contributed by atoms with Crippen molar-refractivity contribution in [3.05, 3.63) is 64.9 Å². The number of rotatable bonds is 7. The maximum Gasteiger partial charge on any atom is 0.338 e. The van der Waals surface area contributed by atoms with Crippen molar-refractivity contribution in [1.29, 1.82) is 5.41 Å². The van der Waals surface area contributed by atoms with Gasteiger partial charge in [-0.25, -0.2) is 9.78 Å². The number of benzene rings is 2. The number of esters is 1. The smallest absolute Gasteiger partial charge is 0.338 e. The number of ether oxygens (including phenoxy) is 1. The van der Waals surface area contributed by atoms with Gasteiger partial charge in [0.05, 0.1) is 27.9 Å². The molecule has 0 atom stereocenters. The summed E-state index contributed by atoms with van der Waals surface area (Å²) in [6, 6.07) is 14.2. The summed E-state index contributed by atoms with van der Waals surface area (Å²) in [4.78, 5) is 30.2. The van der Waals surface area contributed by atoms with E-state index >= 15 is 0 Å². The van der Waals surface area contributed by atoms with Gasteiger partial charge in [-0.15, -0.1) is 11.3 Å². The van der Waals surface area contributed by atoms with Crippen LogP contribution in [0, 0.1) is 5.41 Å². The molecule has 2 aromatic carbocycles. The molecule has 32 heavy (non-hydrogen) atoms. The maximum absolute atomic E-state index is 12.4. The molecule has 0 radical (unpaired) electrons. The fourth-order valence-corrected chi connectivity index (χ4v) is 4.37. The zero-order valence-corrected chi connectivity index (χ0v) is 18.2. The van der Waals surface area contributed by atoms with Crippen LogP contribution in [0.2, 0.25) is 0 Å². The molecule has 0 bridgehead atoms. The molecule has 3 aromatic rings. The number of nitrogens with zero attached hydrogens (tertiary/aromatic N) is 2. The molecule has 3 N–H and O–H groups in total. The van der Waals surface area contributed by atoms with E-state index in [1.54, 1.807) is 29.2 Å². The SMILES string of the molecule is CCCNC(=O)COC(=O)c1cccc(N2CC(O)=C(c3nc4ccccc4s3)C2=N)c1. The van der Waals surface area contributed by atoms with Gasteiger partial charge in [0.15, 0.2) is 6.61 Å². The van der Waals surface area contributed by atoms with E-state index < -0.39 is 5.97 Å². The van der Waals surface area contributed by atoms with Crippen molar-refractivity contribution in [2.75, 3.05) is 24.6 Å². The van der Waals surface area contributed by atoms with Crippen LogP contribution in [0.3, 0.4) is 0 Å². The van der Waals surface area contributed by atoms with Crippen LogP contribution in [-0.2, 0) is 9.53 Å². The number of fused-ring (bicyclic) bond motifs is 1. The first kappa shape index (κ1) is 21.5. The van der Waals surface area contributed by atoms with Gasteiger partial charge in [-0.05, 0) is 36.8 Å². The molecule has 9 heteroatoms. The van der Waals surface area contributed by atoms with Crippen molar-refractivity contribution in [2.45, 2.75) is 13.3 Å². The summed E-state index contributed by atoms with van der Waals surface area (Å²) in [6.45, 7) is 2.20. The second-order valence-corrected chi connectivity index (χ2v) is 8.25. The molecule has 2 heterocycles. The number of carbonyl (C=O) groups is 2. The molecule has 0 aliphatic carbocycles. The largest absolute Gasteiger partial charge is 0.510 e. The Morgan fingerprint density at radius 2 is 2.06 bits per heavy atom. The average Bonchev–Trinajstić information content (AvgIpc) is 3.35. The predicted molar refractivity (Wildman–Crippen MR) is 124 cm³/mol. The third-order valence-corrected chi connectivity index (χ3v) is 5.96. The highest BCUT2D eigenvalue weighted by atomic mass is 32.1. The lowest BCUT2D eigenvalue weighted by Gasteiger charge is -2.19. The summed E-state index contributed by atoms with van der Waals surface area (Å²) >= 11 is 1.41. The first-order chi connectivity index (χ1) is 15.5. The Balaban J connectivity index is 1.49. The number of thiazole rings is 1. The number of para-hydroxylation sites is 1. The van der Waals surface area contributed by atoms with Crippen molar-refractivity contribution < 1.29 is 19.4 Å². The number of nitrogens with one attached hydrogen (secondary N) is 2. The first-order valence-electron chi connectivity index (χ1n) is 10.2. The number of aliphatic hydroxyl groups is 1. The molecule has 1 amide bonds. The Morgan fingerprint density at radius 1 is 1.25 bits per heavy atom.